The lowest BCUT2D eigenvalue weighted by Crippen LogP contribution is -2.24. The third-order valence-electron chi connectivity index (χ3n) is 3.41. The summed E-state index contributed by atoms with van der Waals surface area (Å²) in [5, 5.41) is 10.1. The van der Waals surface area contributed by atoms with Crippen molar-refractivity contribution < 1.29 is 23.9 Å². The van der Waals surface area contributed by atoms with Crippen LogP contribution in [-0.2, 0) is 20.8 Å². The van der Waals surface area contributed by atoms with E-state index in [4.69, 9.17) is 9.47 Å². The van der Waals surface area contributed by atoms with Crippen LogP contribution in [0.2, 0.25) is 0 Å². The van der Waals surface area contributed by atoms with Crippen molar-refractivity contribution >= 4 is 39.5 Å². The molecule has 1 heterocycles. The molecule has 1 amide bonds. The average Bonchev–Trinajstić information content (AvgIpc) is 3.02. The van der Waals surface area contributed by atoms with Gasteiger partial charge in [-0.3, -0.25) is 4.79 Å². The Kier molecular flexibility index (Phi) is 7.05. The zero-order valence-corrected chi connectivity index (χ0v) is 16.7. The lowest BCUT2D eigenvalue weighted by molar-refractivity contribution is -0.116. The van der Waals surface area contributed by atoms with Gasteiger partial charge in [0.15, 0.2) is 5.69 Å². The van der Waals surface area contributed by atoms with Crippen LogP contribution in [-0.4, -0.2) is 46.1 Å². The van der Waals surface area contributed by atoms with E-state index in [1.54, 1.807) is 26.0 Å². The maximum Gasteiger partial charge on any atom is 0.361 e. The first-order valence-corrected chi connectivity index (χ1v) is 9.00. The van der Waals surface area contributed by atoms with Crippen LogP contribution < -0.4 is 5.32 Å². The van der Waals surface area contributed by atoms with Gasteiger partial charge in [0, 0.05) is 10.2 Å². The predicted octanol–water partition coefficient (Wildman–Crippen LogP) is 2.34. The van der Waals surface area contributed by atoms with Gasteiger partial charge in [-0.2, -0.15) is 0 Å². The van der Waals surface area contributed by atoms with Crippen LogP contribution in [0.15, 0.2) is 22.7 Å². The normalized spacial score (nSPS) is 10.4. The van der Waals surface area contributed by atoms with Gasteiger partial charge in [-0.1, -0.05) is 21.1 Å². The summed E-state index contributed by atoms with van der Waals surface area (Å²) in [5.41, 5.74) is 1.02. The fraction of sp³-hybridized carbons (Fsp3) is 0.353. The molecule has 144 valence electrons. The first-order chi connectivity index (χ1) is 12.9. The molecule has 2 rings (SSSR count). The van der Waals surface area contributed by atoms with Crippen molar-refractivity contribution in [2.75, 3.05) is 18.5 Å². The molecule has 0 fully saturated rings. The molecule has 1 aromatic heterocycles. The molecule has 1 aromatic carbocycles. The van der Waals surface area contributed by atoms with Crippen LogP contribution in [0, 0.1) is 6.92 Å². The zero-order chi connectivity index (χ0) is 20.0. The molecule has 0 atom stereocenters. The molecule has 2 aromatic rings. The highest BCUT2D eigenvalue weighted by molar-refractivity contribution is 9.10. The van der Waals surface area contributed by atoms with Crippen LogP contribution in [0.25, 0.3) is 0 Å². The van der Waals surface area contributed by atoms with Crippen molar-refractivity contribution in [1.29, 1.82) is 0 Å². The number of carbonyl (C=O) groups is 3. The lowest BCUT2D eigenvalue weighted by atomic mass is 10.2. The number of aryl methyl sites for hydroxylation is 1. The molecule has 0 bridgehead atoms. The summed E-state index contributed by atoms with van der Waals surface area (Å²) in [6.07, 6.45) is 0. The minimum absolute atomic E-state index is 0.0939. The van der Waals surface area contributed by atoms with Crippen molar-refractivity contribution in [3.8, 4) is 0 Å². The molecule has 27 heavy (non-hydrogen) atoms. The number of esters is 2. The molecule has 0 spiro atoms. The standard InChI is InChI=1S/C17H19BrN4O5/c1-4-26-16(24)14-15(17(25)27-5-2)22(21-20-14)9-13(23)19-11-6-7-12(18)10(3)8-11/h6-8H,4-5,9H2,1-3H3,(H,19,23). The van der Waals surface area contributed by atoms with E-state index in [0.29, 0.717) is 5.69 Å². The minimum Gasteiger partial charge on any atom is -0.461 e. The van der Waals surface area contributed by atoms with Gasteiger partial charge in [-0.05, 0) is 44.5 Å². The van der Waals surface area contributed by atoms with Crippen LogP contribution in [0.4, 0.5) is 5.69 Å². The Morgan fingerprint density at radius 2 is 1.81 bits per heavy atom. The fourth-order valence-corrected chi connectivity index (χ4v) is 2.47. The van der Waals surface area contributed by atoms with Gasteiger partial charge >= 0.3 is 11.9 Å². The third-order valence-corrected chi connectivity index (χ3v) is 4.30. The molecule has 0 aliphatic rings. The second-order valence-corrected chi connectivity index (χ2v) is 6.25. The summed E-state index contributed by atoms with van der Waals surface area (Å²) >= 11 is 3.39. The quantitative estimate of drug-likeness (QED) is 0.659. The summed E-state index contributed by atoms with van der Waals surface area (Å²) in [7, 11) is 0. The van der Waals surface area contributed by atoms with Gasteiger partial charge in [0.25, 0.3) is 0 Å². The maximum atomic E-state index is 12.3. The first kappa shape index (κ1) is 20.6. The second-order valence-electron chi connectivity index (χ2n) is 5.40. The van der Waals surface area contributed by atoms with Gasteiger partial charge in [0.05, 0.1) is 13.2 Å². The number of nitrogens with zero attached hydrogens (tertiary/aromatic N) is 3. The number of halogens is 1. The van der Waals surface area contributed by atoms with Gasteiger partial charge < -0.3 is 14.8 Å². The van der Waals surface area contributed by atoms with Crippen LogP contribution in [0.1, 0.15) is 40.4 Å². The number of amides is 1. The molecule has 0 saturated heterocycles. The Morgan fingerprint density at radius 1 is 1.15 bits per heavy atom. The van der Waals surface area contributed by atoms with Crippen molar-refractivity contribution in [2.45, 2.75) is 27.3 Å². The monoisotopic (exact) mass is 438 g/mol. The van der Waals surface area contributed by atoms with Gasteiger partial charge in [0.2, 0.25) is 11.6 Å². The SMILES string of the molecule is CCOC(=O)c1nnn(CC(=O)Nc2ccc(Br)c(C)c2)c1C(=O)OCC. The first-order valence-electron chi connectivity index (χ1n) is 8.21. The molecular formula is C17H19BrN4O5. The second kappa shape index (κ2) is 9.26. The van der Waals surface area contributed by atoms with Crippen LogP contribution >= 0.6 is 15.9 Å². The van der Waals surface area contributed by atoms with Crippen LogP contribution in [0.3, 0.4) is 0 Å². The summed E-state index contributed by atoms with van der Waals surface area (Å²) in [6, 6.07) is 5.33. The van der Waals surface area contributed by atoms with Crippen molar-refractivity contribution in [1.82, 2.24) is 15.0 Å². The fourth-order valence-electron chi connectivity index (χ4n) is 2.22. The van der Waals surface area contributed by atoms with Crippen molar-refractivity contribution in [2.24, 2.45) is 0 Å². The van der Waals surface area contributed by atoms with Gasteiger partial charge in [-0.15, -0.1) is 5.10 Å². The van der Waals surface area contributed by atoms with E-state index < -0.39 is 17.8 Å². The molecule has 1 N–H and O–H groups in total. The van der Waals surface area contributed by atoms with E-state index in [1.165, 1.54) is 0 Å². The van der Waals surface area contributed by atoms with Gasteiger partial charge in [0.1, 0.15) is 6.54 Å². The number of hydrogen-bond acceptors (Lipinski definition) is 7. The maximum absolute atomic E-state index is 12.3. The Balaban J connectivity index is 2.23. The van der Waals surface area contributed by atoms with E-state index in [1.807, 2.05) is 13.0 Å². The number of rotatable bonds is 7. The van der Waals surface area contributed by atoms with E-state index in [2.05, 4.69) is 31.6 Å². The number of aromatic nitrogens is 3. The highest BCUT2D eigenvalue weighted by atomic mass is 79.9. The highest BCUT2D eigenvalue weighted by Crippen LogP contribution is 2.20. The molecule has 9 nitrogen and oxygen atoms in total. The number of hydrogen-bond donors (Lipinski definition) is 1. The Morgan fingerprint density at radius 3 is 2.44 bits per heavy atom. The summed E-state index contributed by atoms with van der Waals surface area (Å²) in [4.78, 5) is 36.5. The van der Waals surface area contributed by atoms with Crippen molar-refractivity contribution in [3.05, 3.63) is 39.6 Å². The predicted molar refractivity (Wildman–Crippen MR) is 99.4 cm³/mol. The molecule has 0 aliphatic carbocycles. The Labute approximate surface area is 164 Å². The van der Waals surface area contributed by atoms with Gasteiger partial charge in [-0.25, -0.2) is 14.3 Å². The lowest BCUT2D eigenvalue weighted by Gasteiger charge is -2.09. The minimum atomic E-state index is -0.809. The molecule has 0 unspecified atom stereocenters. The molecule has 10 heteroatoms. The highest BCUT2D eigenvalue weighted by Gasteiger charge is 2.28. The number of ether oxygens (including phenoxy) is 2. The summed E-state index contributed by atoms with van der Waals surface area (Å²) < 4.78 is 11.7. The molecule has 0 saturated carbocycles. The van der Waals surface area contributed by atoms with E-state index in [-0.39, 0.29) is 31.1 Å². The zero-order valence-electron chi connectivity index (χ0n) is 15.1. The number of anilines is 1. The summed E-state index contributed by atoms with van der Waals surface area (Å²) in [6.45, 7) is 5.02. The number of nitrogens with one attached hydrogen (secondary N) is 1. The number of carbonyl (C=O) groups excluding carboxylic acids is 3. The average molecular weight is 439 g/mol. The van der Waals surface area contributed by atoms with E-state index in [9.17, 15) is 14.4 Å². The van der Waals surface area contributed by atoms with Crippen LogP contribution in [0.5, 0.6) is 0 Å². The Hall–Kier alpha value is -2.75. The smallest absolute Gasteiger partial charge is 0.361 e. The number of benzene rings is 1. The summed E-state index contributed by atoms with van der Waals surface area (Å²) in [5.74, 6) is -2.06. The molecular weight excluding hydrogens is 420 g/mol. The Bertz CT molecular complexity index is 865. The third kappa shape index (κ3) is 5.13. The molecule has 0 aliphatic heterocycles. The van der Waals surface area contributed by atoms with E-state index in [0.717, 1.165) is 14.7 Å². The topological polar surface area (TPSA) is 112 Å². The largest absolute Gasteiger partial charge is 0.461 e. The molecule has 0 radical (unpaired) electrons. The van der Waals surface area contributed by atoms with E-state index >= 15 is 0 Å². The van der Waals surface area contributed by atoms with Crippen molar-refractivity contribution in [3.63, 3.8) is 0 Å².